The molecule has 7 rings (SSSR count). The Kier molecular flexibility index (Phi) is 9.51. The fourth-order valence-electron chi connectivity index (χ4n) is 7.49. The Bertz CT molecular complexity index is 2040. The summed E-state index contributed by atoms with van der Waals surface area (Å²) in [5.41, 5.74) is 0.878. The van der Waals surface area contributed by atoms with Gasteiger partial charge in [-0.05, 0) is 82.4 Å². The van der Waals surface area contributed by atoms with E-state index in [0.29, 0.717) is 42.0 Å². The van der Waals surface area contributed by atoms with E-state index in [1.807, 2.05) is 37.3 Å². The Morgan fingerprint density at radius 1 is 1.10 bits per heavy atom. The van der Waals surface area contributed by atoms with Gasteiger partial charge in [0.25, 0.3) is 11.9 Å². The van der Waals surface area contributed by atoms with Crippen molar-refractivity contribution in [1.82, 2.24) is 34.7 Å². The van der Waals surface area contributed by atoms with E-state index >= 15 is 0 Å². The van der Waals surface area contributed by atoms with Gasteiger partial charge in [-0.15, -0.1) is 0 Å². The maximum Gasteiger partial charge on any atom is 0.259 e. The van der Waals surface area contributed by atoms with Crippen LogP contribution in [-0.2, 0) is 24.4 Å². The van der Waals surface area contributed by atoms with Crippen LogP contribution in [0, 0.1) is 24.7 Å². The number of benzene rings is 1. The highest BCUT2D eigenvalue weighted by Crippen LogP contribution is 2.47. The summed E-state index contributed by atoms with van der Waals surface area (Å²) in [4.78, 5) is 53.2. The van der Waals surface area contributed by atoms with Crippen LogP contribution in [0.25, 0.3) is 16.9 Å². The Balaban J connectivity index is 1.21. The molecule has 14 nitrogen and oxygen atoms in total. The van der Waals surface area contributed by atoms with Crippen molar-refractivity contribution in [3.8, 4) is 17.6 Å². The minimum atomic E-state index is -3.84. The first-order valence-corrected chi connectivity index (χ1v) is 19.7. The number of nitrogens with zero attached hydrogens (tertiary/aromatic N) is 5. The monoisotopic (exact) mass is 733 g/mol. The lowest BCUT2D eigenvalue weighted by Crippen LogP contribution is -2.54. The van der Waals surface area contributed by atoms with Crippen molar-refractivity contribution in [2.24, 2.45) is 17.8 Å². The van der Waals surface area contributed by atoms with Crippen LogP contribution in [0.4, 0.5) is 0 Å². The molecule has 278 valence electrons. The largest absolute Gasteiger partial charge is 0.496 e. The van der Waals surface area contributed by atoms with Crippen molar-refractivity contribution in [3.63, 3.8) is 0 Å². The van der Waals surface area contributed by atoms with Gasteiger partial charge < -0.3 is 19.7 Å². The molecule has 0 spiro atoms. The van der Waals surface area contributed by atoms with E-state index in [1.54, 1.807) is 29.9 Å². The number of methoxy groups -OCH3 is 1. The maximum absolute atomic E-state index is 14.3. The van der Waals surface area contributed by atoms with Crippen LogP contribution in [0.15, 0.2) is 36.5 Å². The molecule has 1 aliphatic heterocycles. The number of amides is 3. The van der Waals surface area contributed by atoms with Gasteiger partial charge in [-0.1, -0.05) is 26.0 Å². The first-order chi connectivity index (χ1) is 24.8. The predicted octanol–water partition coefficient (Wildman–Crippen LogP) is 3.71. The second-order valence-corrected chi connectivity index (χ2v) is 17.0. The Morgan fingerprint density at radius 2 is 1.87 bits per heavy atom. The standard InChI is InChI=1S/C37H47N7O7S/c1-21(2)29-15-17-44(41-29)36-38-31-22(3)30(50-5)14-13-26(31)33(39-36)51-24-18-27-28(19-24)34(46)43(4)16-9-7-6-8-10-23-20-37(23,40-32(27)45)35(47)42-52(48,49)25-11-12-25/h8,10,13-15,17,21,23-25,27-28H,6-7,9,11-12,16,18-20H2,1-5H3,(H,40,45)(H,42,47)/b10-8-. The van der Waals surface area contributed by atoms with Gasteiger partial charge in [0.15, 0.2) is 0 Å². The van der Waals surface area contributed by atoms with Gasteiger partial charge in [0.1, 0.15) is 17.4 Å². The number of carbonyl (C=O) groups excluding carboxylic acids is 3. The average molecular weight is 734 g/mol. The number of allylic oxidation sites excluding steroid dienone is 1. The van der Waals surface area contributed by atoms with Crippen molar-refractivity contribution in [3.05, 3.63) is 47.8 Å². The van der Waals surface area contributed by atoms with Crippen molar-refractivity contribution >= 4 is 38.6 Å². The Morgan fingerprint density at radius 3 is 2.58 bits per heavy atom. The van der Waals surface area contributed by atoms with Crippen LogP contribution in [0.1, 0.15) is 82.4 Å². The van der Waals surface area contributed by atoms with E-state index in [2.05, 4.69) is 29.0 Å². The van der Waals surface area contributed by atoms with Crippen LogP contribution in [-0.4, -0.2) is 88.4 Å². The highest BCUT2D eigenvalue weighted by molar-refractivity contribution is 7.91. The van der Waals surface area contributed by atoms with Gasteiger partial charge in [-0.25, -0.2) is 18.1 Å². The third-order valence-electron chi connectivity index (χ3n) is 10.9. The molecule has 52 heavy (non-hydrogen) atoms. The number of carbonyl (C=O) groups is 3. The highest BCUT2D eigenvalue weighted by atomic mass is 32.2. The lowest BCUT2D eigenvalue weighted by atomic mass is 9.93. The molecule has 3 amide bonds. The summed E-state index contributed by atoms with van der Waals surface area (Å²) in [5.74, 6) is -1.85. The molecule has 0 bridgehead atoms. The number of ether oxygens (including phenoxy) is 2. The average Bonchev–Trinajstić information content (AvgIpc) is 3.98. The minimum Gasteiger partial charge on any atom is -0.496 e. The number of hydrogen-bond donors (Lipinski definition) is 2. The smallest absolute Gasteiger partial charge is 0.259 e. The van der Waals surface area contributed by atoms with Crippen molar-refractivity contribution in [2.45, 2.75) is 94.9 Å². The molecular formula is C37H47N7O7S. The zero-order valence-electron chi connectivity index (χ0n) is 30.3. The summed E-state index contributed by atoms with van der Waals surface area (Å²) in [7, 11) is -0.493. The van der Waals surface area contributed by atoms with Crippen LogP contribution >= 0.6 is 0 Å². The third-order valence-corrected chi connectivity index (χ3v) is 12.7. The number of rotatable bonds is 8. The van der Waals surface area contributed by atoms with E-state index in [4.69, 9.17) is 19.4 Å². The molecule has 2 N–H and O–H groups in total. The van der Waals surface area contributed by atoms with Gasteiger partial charge >= 0.3 is 0 Å². The summed E-state index contributed by atoms with van der Waals surface area (Å²) in [6, 6.07) is 5.57. The van der Waals surface area contributed by atoms with Crippen LogP contribution < -0.4 is 19.5 Å². The SMILES string of the molecule is COc1ccc2c(OC3CC4C(=O)NC5(C(=O)NS(=O)(=O)C6CC6)CC5/C=C\CCCCN(C)C(=O)C4C3)nc(-n3ccc(C(C)C)n3)nc2c1C. The molecule has 3 aromatic rings. The second-order valence-electron chi connectivity index (χ2n) is 15.0. The zero-order valence-corrected chi connectivity index (χ0v) is 31.1. The number of aryl methyl sites for hydroxylation is 1. The molecule has 1 aromatic carbocycles. The molecule has 5 unspecified atom stereocenters. The maximum atomic E-state index is 14.3. The lowest BCUT2D eigenvalue weighted by molar-refractivity contribution is -0.140. The quantitative estimate of drug-likeness (QED) is 0.325. The lowest BCUT2D eigenvalue weighted by Gasteiger charge is -2.26. The Labute approximate surface area is 303 Å². The molecule has 3 fully saturated rings. The normalized spacial score (nSPS) is 27.4. The molecule has 4 aliphatic rings. The molecule has 0 saturated heterocycles. The highest BCUT2D eigenvalue weighted by Gasteiger charge is 2.62. The first kappa shape index (κ1) is 35.9. The zero-order chi connectivity index (χ0) is 36.9. The topological polar surface area (TPSA) is 175 Å². The van der Waals surface area contributed by atoms with E-state index in [-0.39, 0.29) is 42.9 Å². The van der Waals surface area contributed by atoms with E-state index in [0.717, 1.165) is 30.5 Å². The number of aromatic nitrogens is 4. The fraction of sp³-hybridized carbons (Fsp3) is 0.568. The molecule has 3 heterocycles. The van der Waals surface area contributed by atoms with Crippen molar-refractivity contribution in [1.29, 1.82) is 0 Å². The van der Waals surface area contributed by atoms with E-state index in [9.17, 15) is 22.8 Å². The second kappa shape index (κ2) is 13.8. The summed E-state index contributed by atoms with van der Waals surface area (Å²) in [5, 5.41) is 7.68. The van der Waals surface area contributed by atoms with Crippen molar-refractivity contribution < 1.29 is 32.3 Å². The van der Waals surface area contributed by atoms with Crippen LogP contribution in [0.2, 0.25) is 0 Å². The van der Waals surface area contributed by atoms with Gasteiger partial charge in [0.05, 0.1) is 40.8 Å². The summed E-state index contributed by atoms with van der Waals surface area (Å²) in [6.07, 6.45) is 9.16. The predicted molar refractivity (Wildman–Crippen MR) is 192 cm³/mol. The Hall–Kier alpha value is -4.53. The third kappa shape index (κ3) is 6.86. The van der Waals surface area contributed by atoms with Crippen LogP contribution in [0.3, 0.4) is 0 Å². The molecule has 5 atom stereocenters. The summed E-state index contributed by atoms with van der Waals surface area (Å²) < 4.78 is 41.6. The van der Waals surface area contributed by atoms with Crippen LogP contribution in [0.5, 0.6) is 11.6 Å². The first-order valence-electron chi connectivity index (χ1n) is 18.2. The molecule has 0 radical (unpaired) electrons. The molecular weight excluding hydrogens is 687 g/mol. The summed E-state index contributed by atoms with van der Waals surface area (Å²) in [6.45, 7) is 6.56. The number of sulfonamides is 1. The van der Waals surface area contributed by atoms with E-state index < -0.39 is 50.6 Å². The molecule has 15 heteroatoms. The van der Waals surface area contributed by atoms with Crippen molar-refractivity contribution in [2.75, 3.05) is 20.7 Å². The molecule has 3 aliphatic carbocycles. The summed E-state index contributed by atoms with van der Waals surface area (Å²) >= 11 is 0. The minimum absolute atomic E-state index is 0.174. The van der Waals surface area contributed by atoms with Gasteiger partial charge in [-0.2, -0.15) is 10.1 Å². The number of nitrogens with one attached hydrogen (secondary N) is 2. The molecule has 2 aromatic heterocycles. The van der Waals surface area contributed by atoms with E-state index in [1.165, 1.54) is 0 Å². The molecule has 3 saturated carbocycles. The van der Waals surface area contributed by atoms with Gasteiger partial charge in [-0.3, -0.25) is 19.1 Å². The fourth-order valence-corrected chi connectivity index (χ4v) is 8.86. The van der Waals surface area contributed by atoms with Gasteiger partial charge in [0.2, 0.25) is 27.7 Å². The number of fused-ring (bicyclic) bond motifs is 3. The number of hydrogen-bond acceptors (Lipinski definition) is 10. The van der Waals surface area contributed by atoms with Gasteiger partial charge in [0, 0.05) is 31.3 Å².